The first-order valence-electron chi connectivity index (χ1n) is 7.21. The summed E-state index contributed by atoms with van der Waals surface area (Å²) >= 11 is 0. The average Bonchev–Trinajstić information content (AvgIpc) is 3.09. The monoisotopic (exact) mass is 356 g/mol. The molecular formula is C16H15F3N2O4. The van der Waals surface area contributed by atoms with Crippen molar-refractivity contribution in [3.05, 3.63) is 54.0 Å². The fraction of sp³-hybridized carbons (Fsp3) is 0.250. The van der Waals surface area contributed by atoms with Gasteiger partial charge in [-0.15, -0.1) is 0 Å². The van der Waals surface area contributed by atoms with E-state index >= 15 is 0 Å². The molecule has 0 fully saturated rings. The second kappa shape index (κ2) is 8.22. The lowest BCUT2D eigenvalue weighted by Gasteiger charge is -2.11. The molecule has 0 aliphatic rings. The lowest BCUT2D eigenvalue weighted by molar-refractivity contribution is -0.140. The number of hydrogen-bond donors (Lipinski definition) is 2. The van der Waals surface area contributed by atoms with E-state index in [1.165, 1.54) is 12.3 Å². The summed E-state index contributed by atoms with van der Waals surface area (Å²) in [6, 6.07) is 9.86. The molecule has 0 atom stereocenters. The quantitative estimate of drug-likeness (QED) is 0.746. The van der Waals surface area contributed by atoms with Crippen LogP contribution >= 0.6 is 0 Å². The molecule has 134 valence electrons. The van der Waals surface area contributed by atoms with Crippen LogP contribution in [0, 0.1) is 0 Å². The van der Waals surface area contributed by atoms with E-state index < -0.39 is 31.2 Å². The maximum Gasteiger partial charge on any atom is 0.405 e. The minimum Gasteiger partial charge on any atom is -0.467 e. The van der Waals surface area contributed by atoms with E-state index in [0.29, 0.717) is 18.0 Å². The third kappa shape index (κ3) is 6.21. The van der Waals surface area contributed by atoms with Crippen molar-refractivity contribution in [1.29, 1.82) is 0 Å². The van der Waals surface area contributed by atoms with Crippen molar-refractivity contribution in [2.24, 2.45) is 0 Å². The Balaban J connectivity index is 1.89. The molecule has 1 heterocycles. The number of anilines is 1. The van der Waals surface area contributed by atoms with Crippen molar-refractivity contribution in [2.45, 2.75) is 12.7 Å². The summed E-state index contributed by atoms with van der Waals surface area (Å²) in [4.78, 5) is 23.3. The van der Waals surface area contributed by atoms with E-state index in [1.807, 2.05) is 0 Å². The predicted octanol–water partition coefficient (Wildman–Crippen LogP) is 2.73. The summed E-state index contributed by atoms with van der Waals surface area (Å²) in [5.41, 5.74) is 0.595. The third-order valence-corrected chi connectivity index (χ3v) is 3.00. The smallest absolute Gasteiger partial charge is 0.405 e. The highest BCUT2D eigenvalue weighted by molar-refractivity contribution is 5.96. The molecule has 1 amide bonds. The molecule has 2 N–H and O–H groups in total. The Kier molecular flexibility index (Phi) is 6.04. The highest BCUT2D eigenvalue weighted by Crippen LogP contribution is 2.17. The van der Waals surface area contributed by atoms with Gasteiger partial charge < -0.3 is 19.8 Å². The van der Waals surface area contributed by atoms with Crippen molar-refractivity contribution in [3.8, 4) is 0 Å². The molecule has 0 aliphatic carbocycles. The molecule has 0 bridgehead atoms. The molecular weight excluding hydrogens is 341 g/mol. The zero-order valence-electron chi connectivity index (χ0n) is 12.9. The first-order valence-corrected chi connectivity index (χ1v) is 7.21. The number of benzene rings is 1. The van der Waals surface area contributed by atoms with Crippen LogP contribution in [0.1, 0.15) is 16.1 Å². The number of ether oxygens (including phenoxy) is 1. The molecule has 1 aromatic heterocycles. The van der Waals surface area contributed by atoms with Gasteiger partial charge in [-0.25, -0.2) is 4.79 Å². The molecule has 2 aromatic rings. The molecule has 0 radical (unpaired) electrons. The van der Waals surface area contributed by atoms with Crippen molar-refractivity contribution in [1.82, 2.24) is 5.32 Å². The second-order valence-corrected chi connectivity index (χ2v) is 4.95. The Labute approximate surface area is 141 Å². The molecule has 0 aliphatic heterocycles. The van der Waals surface area contributed by atoms with E-state index in [0.717, 1.165) is 0 Å². The van der Waals surface area contributed by atoms with Crippen LogP contribution in [-0.4, -0.2) is 31.2 Å². The highest BCUT2D eigenvalue weighted by atomic mass is 19.4. The first-order chi connectivity index (χ1) is 11.8. The Bertz CT molecular complexity index is 714. The van der Waals surface area contributed by atoms with Crippen molar-refractivity contribution >= 4 is 17.6 Å². The van der Waals surface area contributed by atoms with Gasteiger partial charge in [0.15, 0.2) is 6.61 Å². The fourth-order valence-corrected chi connectivity index (χ4v) is 1.87. The summed E-state index contributed by atoms with van der Waals surface area (Å²) in [6.45, 7) is -1.96. The van der Waals surface area contributed by atoms with Crippen LogP contribution in [0.15, 0.2) is 47.1 Å². The standard InChI is InChI=1S/C16H15F3N2O4/c17-16(18,19)10-21-14(22)9-25-15(23)12-5-1-2-6-13(12)20-8-11-4-3-7-24-11/h1-7,20H,8-10H2,(H,21,22). The molecule has 0 unspecified atom stereocenters. The highest BCUT2D eigenvalue weighted by Gasteiger charge is 2.27. The van der Waals surface area contributed by atoms with Crippen molar-refractivity contribution < 1.29 is 31.9 Å². The Morgan fingerprint density at radius 1 is 1.12 bits per heavy atom. The maximum absolute atomic E-state index is 12.0. The number of carbonyl (C=O) groups excluding carboxylic acids is 2. The van der Waals surface area contributed by atoms with Crippen LogP contribution < -0.4 is 10.6 Å². The van der Waals surface area contributed by atoms with E-state index in [-0.39, 0.29) is 5.56 Å². The number of para-hydroxylation sites is 1. The number of esters is 1. The molecule has 9 heteroatoms. The van der Waals surface area contributed by atoms with E-state index in [9.17, 15) is 22.8 Å². The number of halogens is 3. The van der Waals surface area contributed by atoms with Crippen molar-refractivity contribution in [2.75, 3.05) is 18.5 Å². The molecule has 1 aromatic carbocycles. The Morgan fingerprint density at radius 2 is 1.88 bits per heavy atom. The number of carbonyl (C=O) groups is 2. The van der Waals surface area contributed by atoms with Gasteiger partial charge in [0.1, 0.15) is 12.3 Å². The van der Waals surface area contributed by atoms with Crippen LogP contribution in [-0.2, 0) is 16.1 Å². The van der Waals surface area contributed by atoms with Gasteiger partial charge in [-0.1, -0.05) is 12.1 Å². The van der Waals surface area contributed by atoms with E-state index in [4.69, 9.17) is 9.15 Å². The Morgan fingerprint density at radius 3 is 2.56 bits per heavy atom. The minimum absolute atomic E-state index is 0.151. The third-order valence-electron chi connectivity index (χ3n) is 3.00. The molecule has 6 nitrogen and oxygen atoms in total. The van der Waals surface area contributed by atoms with Crippen LogP contribution in [0.3, 0.4) is 0 Å². The van der Waals surface area contributed by atoms with Gasteiger partial charge in [0.25, 0.3) is 5.91 Å². The molecule has 0 saturated heterocycles. The lowest BCUT2D eigenvalue weighted by Crippen LogP contribution is -2.36. The van der Waals surface area contributed by atoms with Gasteiger partial charge in [0, 0.05) is 5.69 Å². The van der Waals surface area contributed by atoms with E-state index in [2.05, 4.69) is 5.32 Å². The van der Waals surface area contributed by atoms with Gasteiger partial charge in [-0.3, -0.25) is 4.79 Å². The molecule has 0 spiro atoms. The SMILES string of the molecule is O=C(COC(=O)c1ccccc1NCc1ccco1)NCC(F)(F)F. The number of amides is 1. The van der Waals surface area contributed by atoms with E-state index in [1.54, 1.807) is 35.6 Å². The van der Waals surface area contributed by atoms with Gasteiger partial charge in [0.2, 0.25) is 0 Å². The van der Waals surface area contributed by atoms with Gasteiger partial charge in [0.05, 0.1) is 18.4 Å². The first kappa shape index (κ1) is 18.4. The normalized spacial score (nSPS) is 11.0. The summed E-state index contributed by atoms with van der Waals surface area (Å²) in [6.07, 6.45) is -3.02. The number of nitrogens with one attached hydrogen (secondary N) is 2. The summed E-state index contributed by atoms with van der Waals surface area (Å²) in [5, 5.41) is 4.60. The topological polar surface area (TPSA) is 80.6 Å². The zero-order chi connectivity index (χ0) is 18.3. The fourth-order valence-electron chi connectivity index (χ4n) is 1.87. The molecule has 2 rings (SSSR count). The Hall–Kier alpha value is -2.97. The lowest BCUT2D eigenvalue weighted by atomic mass is 10.2. The van der Waals surface area contributed by atoms with Gasteiger partial charge in [-0.2, -0.15) is 13.2 Å². The summed E-state index contributed by atoms with van der Waals surface area (Å²) in [7, 11) is 0. The summed E-state index contributed by atoms with van der Waals surface area (Å²) in [5.74, 6) is -1.22. The van der Waals surface area contributed by atoms with Gasteiger partial charge in [-0.05, 0) is 24.3 Å². The number of furan rings is 1. The number of alkyl halides is 3. The largest absolute Gasteiger partial charge is 0.467 e. The molecule has 25 heavy (non-hydrogen) atoms. The van der Waals surface area contributed by atoms with Crippen LogP contribution in [0.2, 0.25) is 0 Å². The predicted molar refractivity (Wildman–Crippen MR) is 81.8 cm³/mol. The molecule has 0 saturated carbocycles. The van der Waals surface area contributed by atoms with Crippen molar-refractivity contribution in [3.63, 3.8) is 0 Å². The summed E-state index contributed by atoms with van der Waals surface area (Å²) < 4.78 is 45.9. The average molecular weight is 356 g/mol. The second-order valence-electron chi connectivity index (χ2n) is 4.95. The van der Waals surface area contributed by atoms with Crippen LogP contribution in [0.25, 0.3) is 0 Å². The van der Waals surface area contributed by atoms with Crippen LogP contribution in [0.5, 0.6) is 0 Å². The minimum atomic E-state index is -4.53. The zero-order valence-corrected chi connectivity index (χ0v) is 12.9. The van der Waals surface area contributed by atoms with Crippen LogP contribution in [0.4, 0.5) is 18.9 Å². The maximum atomic E-state index is 12.0. The number of hydrogen-bond acceptors (Lipinski definition) is 5. The van der Waals surface area contributed by atoms with Gasteiger partial charge >= 0.3 is 12.1 Å². The number of rotatable bonds is 7.